The molecule has 0 aliphatic carbocycles. The van der Waals surface area contributed by atoms with E-state index < -0.39 is 47.1 Å². The highest BCUT2D eigenvalue weighted by Gasteiger charge is 2.37. The molecule has 0 saturated carbocycles. The Morgan fingerprint density at radius 2 is 1.48 bits per heavy atom. The molecule has 0 aliphatic rings. The molecule has 2 aromatic heterocycles. The minimum atomic E-state index is -5.05. The van der Waals surface area contributed by atoms with Gasteiger partial charge < -0.3 is 5.11 Å². The Labute approximate surface area is 169 Å². The van der Waals surface area contributed by atoms with Gasteiger partial charge in [0.05, 0.1) is 29.6 Å². The minimum absolute atomic E-state index is 0.0395. The molecule has 0 spiro atoms. The molecule has 166 valence electrons. The maximum absolute atomic E-state index is 13.0. The Morgan fingerprint density at radius 1 is 0.935 bits per heavy atom. The van der Waals surface area contributed by atoms with Gasteiger partial charge in [0, 0.05) is 0 Å². The topological polar surface area (TPSA) is 88.8 Å². The second-order valence-corrected chi connectivity index (χ2v) is 6.36. The molecule has 2 N–H and O–H groups in total. The van der Waals surface area contributed by atoms with E-state index in [-0.39, 0.29) is 17.8 Å². The van der Waals surface area contributed by atoms with Crippen LogP contribution in [0.15, 0.2) is 36.9 Å². The van der Waals surface area contributed by atoms with Crippen molar-refractivity contribution in [1.29, 1.82) is 0 Å². The van der Waals surface area contributed by atoms with Crippen molar-refractivity contribution in [3.05, 3.63) is 65.3 Å². The van der Waals surface area contributed by atoms with Gasteiger partial charge in [-0.3, -0.25) is 5.32 Å². The molecule has 7 nitrogen and oxygen atoms in total. The fourth-order valence-corrected chi connectivity index (χ4v) is 2.66. The maximum atomic E-state index is 13.0. The zero-order chi connectivity index (χ0) is 23.0. The van der Waals surface area contributed by atoms with E-state index in [0.29, 0.717) is 12.1 Å². The third-order valence-electron chi connectivity index (χ3n) is 4.09. The number of halogens is 7. The lowest BCUT2D eigenvalue weighted by Gasteiger charge is -2.21. The van der Waals surface area contributed by atoms with Crippen LogP contribution >= 0.6 is 0 Å². The van der Waals surface area contributed by atoms with E-state index in [9.17, 15) is 35.8 Å². The van der Waals surface area contributed by atoms with Crippen LogP contribution in [0.4, 0.5) is 30.7 Å². The van der Waals surface area contributed by atoms with Gasteiger partial charge in [-0.15, -0.1) is 0 Å². The molecule has 3 aromatic rings. The molecule has 2 heterocycles. The molecule has 0 bridgehead atoms. The highest BCUT2D eigenvalue weighted by Crippen LogP contribution is 2.37. The SMILES string of the molecule is C[C@H](NC(O)c1cc(C(F)(F)F)cc(C(F)(F)F)c1)c1ncnn1-c1ncc(F)cn1. The van der Waals surface area contributed by atoms with Crippen molar-refractivity contribution in [2.45, 2.75) is 31.5 Å². The van der Waals surface area contributed by atoms with Crippen LogP contribution in [-0.4, -0.2) is 29.8 Å². The summed E-state index contributed by atoms with van der Waals surface area (Å²) in [5, 5.41) is 16.6. The lowest BCUT2D eigenvalue weighted by Crippen LogP contribution is -2.27. The van der Waals surface area contributed by atoms with Crippen LogP contribution in [-0.2, 0) is 12.4 Å². The van der Waals surface area contributed by atoms with Gasteiger partial charge in [-0.1, -0.05) is 0 Å². The van der Waals surface area contributed by atoms with Crippen LogP contribution in [0, 0.1) is 5.82 Å². The van der Waals surface area contributed by atoms with Crippen LogP contribution in [0.25, 0.3) is 5.95 Å². The summed E-state index contributed by atoms with van der Waals surface area (Å²) in [6.07, 6.45) is -9.22. The smallest absolute Gasteiger partial charge is 0.374 e. The fraction of sp³-hybridized carbons (Fsp3) is 0.294. The number of benzene rings is 1. The van der Waals surface area contributed by atoms with E-state index in [2.05, 4.69) is 25.4 Å². The largest absolute Gasteiger partial charge is 0.416 e. The Kier molecular flexibility index (Phi) is 5.96. The molecule has 0 saturated heterocycles. The Morgan fingerprint density at radius 3 is 2.00 bits per heavy atom. The number of aliphatic hydroxyl groups is 1. The average Bonchev–Trinajstić information content (AvgIpc) is 3.16. The molecular weight excluding hydrogens is 437 g/mol. The van der Waals surface area contributed by atoms with Gasteiger partial charge in [0.2, 0.25) is 0 Å². The van der Waals surface area contributed by atoms with Gasteiger partial charge in [-0.05, 0) is 30.7 Å². The molecule has 2 atom stereocenters. The van der Waals surface area contributed by atoms with Crippen molar-refractivity contribution in [3.63, 3.8) is 0 Å². The fourth-order valence-electron chi connectivity index (χ4n) is 2.66. The number of nitrogens with one attached hydrogen (secondary N) is 1. The molecular formula is C17H13F7N6O. The lowest BCUT2D eigenvalue weighted by atomic mass is 10.0. The molecule has 1 aromatic carbocycles. The number of hydrogen-bond acceptors (Lipinski definition) is 6. The molecule has 0 radical (unpaired) electrons. The summed E-state index contributed by atoms with van der Waals surface area (Å²) in [4.78, 5) is 11.3. The Bertz CT molecular complexity index is 1020. The van der Waals surface area contributed by atoms with E-state index in [4.69, 9.17) is 0 Å². The van der Waals surface area contributed by atoms with E-state index in [1.54, 1.807) is 0 Å². The number of hydrogen-bond donors (Lipinski definition) is 2. The van der Waals surface area contributed by atoms with Crippen LogP contribution in [0.1, 0.15) is 41.7 Å². The van der Waals surface area contributed by atoms with E-state index in [0.717, 1.165) is 23.4 Å². The first-order valence-electron chi connectivity index (χ1n) is 8.47. The first-order valence-corrected chi connectivity index (χ1v) is 8.47. The van der Waals surface area contributed by atoms with E-state index in [1.165, 1.54) is 6.92 Å². The predicted molar refractivity (Wildman–Crippen MR) is 89.9 cm³/mol. The lowest BCUT2D eigenvalue weighted by molar-refractivity contribution is -0.143. The molecule has 1 unspecified atom stereocenters. The van der Waals surface area contributed by atoms with E-state index in [1.807, 2.05) is 0 Å². The molecule has 3 rings (SSSR count). The van der Waals surface area contributed by atoms with Crippen LogP contribution in [0.2, 0.25) is 0 Å². The number of aliphatic hydroxyl groups excluding tert-OH is 1. The monoisotopic (exact) mass is 450 g/mol. The third kappa shape index (κ3) is 5.14. The van der Waals surface area contributed by atoms with Crippen LogP contribution in [0.5, 0.6) is 0 Å². The molecule has 31 heavy (non-hydrogen) atoms. The molecule has 0 aliphatic heterocycles. The maximum Gasteiger partial charge on any atom is 0.416 e. The number of aromatic nitrogens is 5. The van der Waals surface area contributed by atoms with Crippen molar-refractivity contribution in [3.8, 4) is 5.95 Å². The molecule has 14 heteroatoms. The second-order valence-electron chi connectivity index (χ2n) is 6.36. The summed E-state index contributed by atoms with van der Waals surface area (Å²) in [6, 6.07) is -0.154. The minimum Gasteiger partial charge on any atom is -0.374 e. The van der Waals surface area contributed by atoms with Crippen molar-refractivity contribution in [2.75, 3.05) is 0 Å². The summed E-state index contributed by atoms with van der Waals surface area (Å²) in [7, 11) is 0. The van der Waals surface area contributed by atoms with Gasteiger partial charge in [0.15, 0.2) is 11.6 Å². The zero-order valence-corrected chi connectivity index (χ0v) is 15.4. The van der Waals surface area contributed by atoms with Gasteiger partial charge in [0.1, 0.15) is 12.6 Å². The quantitative estimate of drug-likeness (QED) is 0.457. The summed E-state index contributed by atoms with van der Waals surface area (Å²) < 4.78 is 92.2. The van der Waals surface area contributed by atoms with Crippen molar-refractivity contribution in [2.24, 2.45) is 0 Å². The third-order valence-corrected chi connectivity index (χ3v) is 4.09. The highest BCUT2D eigenvalue weighted by molar-refractivity contribution is 5.34. The summed E-state index contributed by atoms with van der Waals surface area (Å²) in [5.41, 5.74) is -3.78. The van der Waals surface area contributed by atoms with Crippen molar-refractivity contribution in [1.82, 2.24) is 30.0 Å². The Hall–Kier alpha value is -3.13. The zero-order valence-electron chi connectivity index (χ0n) is 15.4. The highest BCUT2D eigenvalue weighted by atomic mass is 19.4. The standard InChI is InChI=1S/C17H13F7N6O/c1-8(13-27-7-28-30(13)15-25-5-12(18)6-26-15)29-14(31)9-2-10(16(19,20)21)4-11(3-9)17(22,23)24/h2-8,14,29,31H,1H3/t8-,14?/m0/s1. The predicted octanol–water partition coefficient (Wildman–Crippen LogP) is 3.58. The summed E-state index contributed by atoms with van der Waals surface area (Å²) in [6.45, 7) is 1.42. The number of rotatable bonds is 5. The van der Waals surface area contributed by atoms with Gasteiger partial charge in [0.25, 0.3) is 5.95 Å². The van der Waals surface area contributed by atoms with Crippen molar-refractivity contribution < 1.29 is 35.8 Å². The van der Waals surface area contributed by atoms with Crippen LogP contribution < -0.4 is 5.32 Å². The average molecular weight is 450 g/mol. The molecule has 0 fully saturated rings. The number of nitrogens with zero attached hydrogens (tertiary/aromatic N) is 5. The number of alkyl halides is 6. The van der Waals surface area contributed by atoms with Crippen LogP contribution in [0.3, 0.4) is 0 Å². The Balaban J connectivity index is 1.89. The summed E-state index contributed by atoms with van der Waals surface area (Å²) >= 11 is 0. The second kappa shape index (κ2) is 8.19. The van der Waals surface area contributed by atoms with E-state index >= 15 is 0 Å². The van der Waals surface area contributed by atoms with Gasteiger partial charge >= 0.3 is 12.4 Å². The van der Waals surface area contributed by atoms with Gasteiger partial charge in [-0.2, -0.15) is 36.1 Å². The van der Waals surface area contributed by atoms with Crippen molar-refractivity contribution >= 4 is 0 Å². The first-order chi connectivity index (χ1) is 14.4. The summed E-state index contributed by atoms with van der Waals surface area (Å²) in [5.74, 6) is -0.735. The molecule has 0 amide bonds. The first kappa shape index (κ1) is 22.6. The van der Waals surface area contributed by atoms with Gasteiger partial charge in [-0.25, -0.2) is 19.3 Å². The normalized spacial score (nSPS) is 14.5.